The van der Waals surface area contributed by atoms with Crippen molar-refractivity contribution in [3.05, 3.63) is 53.8 Å². The number of nitrogens with one attached hydrogen (secondary N) is 1. The van der Waals surface area contributed by atoms with Crippen LogP contribution in [0.3, 0.4) is 0 Å². The summed E-state index contributed by atoms with van der Waals surface area (Å²) >= 11 is 0. The Balaban J connectivity index is 2.06. The smallest absolute Gasteiger partial charge is 0.240 e. The summed E-state index contributed by atoms with van der Waals surface area (Å²) in [5, 5.41) is 2.71. The van der Waals surface area contributed by atoms with Gasteiger partial charge in [-0.25, -0.2) is 4.39 Å². The Bertz CT molecular complexity index is 778. The fraction of sp³-hybridized carbons (Fsp3) is 0.263. The molecule has 0 spiro atoms. The molecule has 0 aliphatic carbocycles. The van der Waals surface area contributed by atoms with Crippen molar-refractivity contribution in [1.82, 2.24) is 5.32 Å². The zero-order valence-electron chi connectivity index (χ0n) is 14.9. The molecule has 2 aromatic rings. The van der Waals surface area contributed by atoms with Gasteiger partial charge in [0.15, 0.2) is 11.5 Å². The second kappa shape index (κ2) is 8.84. The number of anilines is 1. The molecular formula is C19H21FN2O4. The fourth-order valence-corrected chi connectivity index (χ4v) is 2.38. The van der Waals surface area contributed by atoms with Gasteiger partial charge in [0.2, 0.25) is 11.8 Å². The summed E-state index contributed by atoms with van der Waals surface area (Å²) in [6.07, 6.45) is 0. The van der Waals surface area contributed by atoms with Crippen molar-refractivity contribution < 1.29 is 23.5 Å². The van der Waals surface area contributed by atoms with Gasteiger partial charge in [0.25, 0.3) is 0 Å². The van der Waals surface area contributed by atoms with Crippen molar-refractivity contribution >= 4 is 17.5 Å². The van der Waals surface area contributed by atoms with Crippen LogP contribution in [0.15, 0.2) is 42.5 Å². The van der Waals surface area contributed by atoms with E-state index in [4.69, 9.17) is 9.47 Å². The van der Waals surface area contributed by atoms with E-state index in [-0.39, 0.29) is 30.7 Å². The van der Waals surface area contributed by atoms with Crippen LogP contribution < -0.4 is 19.7 Å². The van der Waals surface area contributed by atoms with E-state index in [1.54, 1.807) is 30.3 Å². The largest absolute Gasteiger partial charge is 0.493 e. The third kappa shape index (κ3) is 4.95. The Labute approximate surface area is 151 Å². The van der Waals surface area contributed by atoms with E-state index in [1.165, 1.54) is 38.2 Å². The van der Waals surface area contributed by atoms with Gasteiger partial charge in [-0.05, 0) is 29.8 Å². The lowest BCUT2D eigenvalue weighted by atomic mass is 10.2. The lowest BCUT2D eigenvalue weighted by Gasteiger charge is -2.22. The SMILES string of the molecule is COc1ccc(N(CC(=O)NCc2ccc(F)cc2)C(C)=O)cc1OC. The first kappa shape index (κ1) is 19.2. The zero-order chi connectivity index (χ0) is 19.1. The van der Waals surface area contributed by atoms with Gasteiger partial charge in [-0.2, -0.15) is 0 Å². The van der Waals surface area contributed by atoms with Crippen molar-refractivity contribution in [3.8, 4) is 11.5 Å². The molecule has 2 amide bonds. The van der Waals surface area contributed by atoms with E-state index in [2.05, 4.69) is 5.32 Å². The van der Waals surface area contributed by atoms with Gasteiger partial charge in [-0.3, -0.25) is 9.59 Å². The molecule has 0 fully saturated rings. The molecule has 0 radical (unpaired) electrons. The molecule has 7 heteroatoms. The Kier molecular flexibility index (Phi) is 6.54. The van der Waals surface area contributed by atoms with E-state index in [0.29, 0.717) is 17.2 Å². The molecular weight excluding hydrogens is 339 g/mol. The van der Waals surface area contributed by atoms with E-state index < -0.39 is 0 Å². The molecule has 138 valence electrons. The summed E-state index contributed by atoms with van der Waals surface area (Å²) < 4.78 is 23.3. The predicted molar refractivity (Wildman–Crippen MR) is 95.8 cm³/mol. The van der Waals surface area contributed by atoms with Crippen LogP contribution in [-0.2, 0) is 16.1 Å². The molecule has 0 saturated carbocycles. The van der Waals surface area contributed by atoms with Crippen molar-refractivity contribution in [1.29, 1.82) is 0 Å². The number of carbonyl (C=O) groups is 2. The van der Waals surface area contributed by atoms with Crippen LogP contribution in [0.1, 0.15) is 12.5 Å². The molecule has 0 heterocycles. The molecule has 1 N–H and O–H groups in total. The second-order valence-corrected chi connectivity index (χ2v) is 5.55. The molecule has 0 aromatic heterocycles. The highest BCUT2D eigenvalue weighted by molar-refractivity contribution is 5.97. The van der Waals surface area contributed by atoms with Crippen molar-refractivity contribution in [2.45, 2.75) is 13.5 Å². The Morgan fingerprint density at radius 2 is 1.69 bits per heavy atom. The molecule has 0 unspecified atom stereocenters. The quantitative estimate of drug-likeness (QED) is 0.824. The third-order valence-electron chi connectivity index (χ3n) is 3.76. The summed E-state index contributed by atoms with van der Waals surface area (Å²) in [7, 11) is 3.01. The van der Waals surface area contributed by atoms with Crippen molar-refractivity contribution in [3.63, 3.8) is 0 Å². The first-order valence-electron chi connectivity index (χ1n) is 7.96. The zero-order valence-corrected chi connectivity index (χ0v) is 14.9. The molecule has 6 nitrogen and oxygen atoms in total. The maximum atomic E-state index is 12.9. The monoisotopic (exact) mass is 360 g/mol. The summed E-state index contributed by atoms with van der Waals surface area (Å²) in [6, 6.07) is 10.8. The number of rotatable bonds is 7. The number of halogens is 1. The molecule has 0 aliphatic heterocycles. The number of ether oxygens (including phenoxy) is 2. The van der Waals surface area contributed by atoms with Crippen LogP contribution >= 0.6 is 0 Å². The first-order chi connectivity index (χ1) is 12.4. The number of methoxy groups -OCH3 is 2. The maximum Gasteiger partial charge on any atom is 0.240 e. The highest BCUT2D eigenvalue weighted by atomic mass is 19.1. The third-order valence-corrected chi connectivity index (χ3v) is 3.76. The van der Waals surface area contributed by atoms with Gasteiger partial charge in [0, 0.05) is 25.2 Å². The molecule has 2 rings (SSSR count). The van der Waals surface area contributed by atoms with E-state index in [0.717, 1.165) is 5.56 Å². The lowest BCUT2D eigenvalue weighted by molar-refractivity contribution is -0.123. The molecule has 0 saturated heterocycles. The normalized spacial score (nSPS) is 10.2. The van der Waals surface area contributed by atoms with Crippen LogP contribution in [0.4, 0.5) is 10.1 Å². The van der Waals surface area contributed by atoms with Crippen LogP contribution in [0.25, 0.3) is 0 Å². The van der Waals surface area contributed by atoms with E-state index >= 15 is 0 Å². The number of hydrogen-bond donors (Lipinski definition) is 1. The molecule has 2 aromatic carbocycles. The number of benzene rings is 2. The summed E-state index contributed by atoms with van der Waals surface area (Å²) in [5.41, 5.74) is 1.28. The number of amides is 2. The maximum absolute atomic E-state index is 12.9. The molecule has 0 bridgehead atoms. The van der Waals surface area contributed by atoms with Crippen molar-refractivity contribution in [2.24, 2.45) is 0 Å². The number of nitrogens with zero attached hydrogens (tertiary/aromatic N) is 1. The highest BCUT2D eigenvalue weighted by Gasteiger charge is 2.17. The molecule has 0 aliphatic rings. The van der Waals surface area contributed by atoms with Crippen LogP contribution in [0.5, 0.6) is 11.5 Å². The van der Waals surface area contributed by atoms with Gasteiger partial charge < -0.3 is 19.7 Å². The van der Waals surface area contributed by atoms with Gasteiger partial charge >= 0.3 is 0 Å². The second-order valence-electron chi connectivity index (χ2n) is 5.55. The summed E-state index contributed by atoms with van der Waals surface area (Å²) in [4.78, 5) is 25.5. The number of hydrogen-bond acceptors (Lipinski definition) is 4. The van der Waals surface area contributed by atoms with Crippen LogP contribution in [-0.4, -0.2) is 32.6 Å². The van der Waals surface area contributed by atoms with Crippen LogP contribution in [0.2, 0.25) is 0 Å². The fourth-order valence-electron chi connectivity index (χ4n) is 2.38. The van der Waals surface area contributed by atoms with Gasteiger partial charge in [-0.1, -0.05) is 12.1 Å². The van der Waals surface area contributed by atoms with Crippen molar-refractivity contribution in [2.75, 3.05) is 25.7 Å². The highest BCUT2D eigenvalue weighted by Crippen LogP contribution is 2.31. The topological polar surface area (TPSA) is 67.9 Å². The van der Waals surface area contributed by atoms with Gasteiger partial charge in [0.05, 0.1) is 14.2 Å². The Morgan fingerprint density at radius 1 is 1.04 bits per heavy atom. The Morgan fingerprint density at radius 3 is 2.27 bits per heavy atom. The van der Waals surface area contributed by atoms with Crippen LogP contribution in [0, 0.1) is 5.82 Å². The number of carbonyl (C=O) groups excluding carboxylic acids is 2. The summed E-state index contributed by atoms with van der Waals surface area (Å²) in [5.74, 6) is 0.0354. The minimum atomic E-state index is -0.337. The minimum absolute atomic E-state index is 0.147. The standard InChI is InChI=1S/C19H21FN2O4/c1-13(23)22(16-8-9-17(25-2)18(10-16)26-3)12-19(24)21-11-14-4-6-15(20)7-5-14/h4-10H,11-12H2,1-3H3,(H,21,24). The van der Waals surface area contributed by atoms with E-state index in [9.17, 15) is 14.0 Å². The lowest BCUT2D eigenvalue weighted by Crippen LogP contribution is -2.39. The average Bonchev–Trinajstić information content (AvgIpc) is 2.64. The average molecular weight is 360 g/mol. The first-order valence-corrected chi connectivity index (χ1v) is 7.96. The minimum Gasteiger partial charge on any atom is -0.493 e. The Hall–Kier alpha value is -3.09. The van der Waals surface area contributed by atoms with Gasteiger partial charge in [-0.15, -0.1) is 0 Å². The predicted octanol–water partition coefficient (Wildman–Crippen LogP) is 2.51. The van der Waals surface area contributed by atoms with E-state index in [1.807, 2.05) is 0 Å². The summed E-state index contributed by atoms with van der Waals surface area (Å²) in [6.45, 7) is 1.48. The van der Waals surface area contributed by atoms with Gasteiger partial charge in [0.1, 0.15) is 12.4 Å². The molecule has 0 atom stereocenters. The molecule has 26 heavy (non-hydrogen) atoms.